The lowest BCUT2D eigenvalue weighted by Gasteiger charge is -2.12. The Hall–Kier alpha value is -2.90. The molecule has 0 saturated carbocycles. The minimum Gasteiger partial charge on any atom is -0.495 e. The summed E-state index contributed by atoms with van der Waals surface area (Å²) in [4.78, 5) is 21.3. The van der Waals surface area contributed by atoms with E-state index < -0.39 is 11.9 Å². The highest BCUT2D eigenvalue weighted by atomic mass is 35.5. The van der Waals surface area contributed by atoms with E-state index in [1.54, 1.807) is 14.0 Å². The summed E-state index contributed by atoms with van der Waals surface area (Å²) in [6, 6.07) is 13.5. The fraction of sp³-hybridized carbons (Fsp3) is 0.190. The Kier molecular flexibility index (Phi) is 5.25. The maximum Gasteiger partial charge on any atom is 0.313 e. The third kappa shape index (κ3) is 3.71. The first-order valence-electron chi connectivity index (χ1n) is 8.96. The molecule has 0 aliphatic rings. The van der Waals surface area contributed by atoms with Crippen LogP contribution in [-0.4, -0.2) is 28.2 Å². The summed E-state index contributed by atoms with van der Waals surface area (Å²) >= 11 is 7.75. The average molecular weight is 428 g/mol. The van der Waals surface area contributed by atoms with Crippen LogP contribution in [0.3, 0.4) is 0 Å². The highest BCUT2D eigenvalue weighted by Gasteiger charge is 2.21. The van der Waals surface area contributed by atoms with Crippen LogP contribution in [0.2, 0.25) is 5.02 Å². The second kappa shape index (κ2) is 7.85. The van der Waals surface area contributed by atoms with Gasteiger partial charge in [-0.05, 0) is 30.7 Å². The van der Waals surface area contributed by atoms with Crippen LogP contribution < -0.4 is 10.1 Å². The molecule has 8 heteroatoms. The van der Waals surface area contributed by atoms with Crippen LogP contribution in [-0.2, 0) is 11.3 Å². The first-order valence-corrected chi connectivity index (χ1v) is 10.2. The Balaban J connectivity index is 1.78. The second-order valence-electron chi connectivity index (χ2n) is 6.59. The van der Waals surface area contributed by atoms with E-state index in [9.17, 15) is 9.90 Å². The van der Waals surface area contributed by atoms with Gasteiger partial charge in [-0.3, -0.25) is 4.79 Å². The first-order chi connectivity index (χ1) is 14.0. The summed E-state index contributed by atoms with van der Waals surface area (Å²) in [6.07, 6.45) is 0. The monoisotopic (exact) mass is 427 g/mol. The number of thiophene rings is 1. The molecule has 29 heavy (non-hydrogen) atoms. The zero-order valence-corrected chi connectivity index (χ0v) is 17.3. The van der Waals surface area contributed by atoms with Gasteiger partial charge in [0.2, 0.25) is 0 Å². The molecule has 2 aromatic heterocycles. The van der Waals surface area contributed by atoms with Crippen molar-refractivity contribution in [2.75, 3.05) is 12.4 Å². The van der Waals surface area contributed by atoms with Crippen molar-refractivity contribution in [2.45, 2.75) is 19.4 Å². The van der Waals surface area contributed by atoms with Gasteiger partial charge in [0.25, 0.3) is 0 Å². The number of benzene rings is 2. The van der Waals surface area contributed by atoms with Crippen LogP contribution in [0.5, 0.6) is 5.75 Å². The van der Waals surface area contributed by atoms with Gasteiger partial charge >= 0.3 is 5.97 Å². The predicted molar refractivity (Wildman–Crippen MR) is 116 cm³/mol. The molecule has 4 aromatic rings. The number of carboxylic acids is 1. The number of nitrogens with zero attached hydrogens (tertiary/aromatic N) is 2. The Morgan fingerprint density at radius 2 is 2.07 bits per heavy atom. The lowest BCUT2D eigenvalue weighted by Crippen LogP contribution is -2.13. The number of fused-ring (bicyclic) bond motifs is 3. The summed E-state index contributed by atoms with van der Waals surface area (Å²) in [6.45, 7) is 2.06. The van der Waals surface area contributed by atoms with Crippen LogP contribution in [0.25, 0.3) is 20.3 Å². The zero-order chi connectivity index (χ0) is 20.5. The Labute approximate surface area is 176 Å². The highest BCUT2D eigenvalue weighted by molar-refractivity contribution is 7.25. The van der Waals surface area contributed by atoms with Crippen LogP contribution in [0.15, 0.2) is 42.5 Å². The van der Waals surface area contributed by atoms with E-state index >= 15 is 0 Å². The van der Waals surface area contributed by atoms with Crippen molar-refractivity contribution in [2.24, 2.45) is 0 Å². The number of anilines is 1. The van der Waals surface area contributed by atoms with Gasteiger partial charge in [0, 0.05) is 16.6 Å². The standard InChI is InChI=1S/C21H18ClN3O3S/c1-11(21(26)27)18-24-19(23-10-12-7-8-15(28-2)14(22)9-12)17-13-5-3-4-6-16(13)29-20(17)25-18/h3-9,11H,10H2,1-2H3,(H,26,27)(H,23,24,25). The number of hydrogen-bond donors (Lipinski definition) is 2. The number of nitrogens with one attached hydrogen (secondary N) is 1. The zero-order valence-electron chi connectivity index (χ0n) is 15.8. The van der Waals surface area contributed by atoms with Crippen LogP contribution in [0.4, 0.5) is 5.82 Å². The first kappa shape index (κ1) is 19.4. The van der Waals surface area contributed by atoms with Crippen molar-refractivity contribution in [1.82, 2.24) is 9.97 Å². The predicted octanol–water partition coefficient (Wildman–Crippen LogP) is 5.31. The molecule has 6 nitrogen and oxygen atoms in total. The molecule has 0 bridgehead atoms. The van der Waals surface area contributed by atoms with Crippen molar-refractivity contribution in [3.05, 3.63) is 58.9 Å². The molecule has 0 fully saturated rings. The van der Waals surface area contributed by atoms with Gasteiger partial charge in [-0.1, -0.05) is 35.9 Å². The van der Waals surface area contributed by atoms with Gasteiger partial charge in [0.1, 0.15) is 28.1 Å². The van der Waals surface area contributed by atoms with E-state index in [-0.39, 0.29) is 5.82 Å². The maximum absolute atomic E-state index is 11.5. The summed E-state index contributed by atoms with van der Waals surface area (Å²) in [5, 5.41) is 15.2. The number of carbonyl (C=O) groups is 1. The molecular weight excluding hydrogens is 410 g/mol. The maximum atomic E-state index is 11.5. The molecule has 2 heterocycles. The molecule has 0 aliphatic heterocycles. The lowest BCUT2D eigenvalue weighted by molar-refractivity contribution is -0.138. The van der Waals surface area contributed by atoms with E-state index in [1.165, 1.54) is 11.3 Å². The third-order valence-electron chi connectivity index (χ3n) is 4.69. The molecule has 4 rings (SSSR count). The number of halogens is 1. The number of methoxy groups -OCH3 is 1. The quantitative estimate of drug-likeness (QED) is 0.434. The number of carboxylic acid groups (broad SMARTS) is 1. The molecular formula is C21H18ClN3O3S. The molecule has 1 unspecified atom stereocenters. The minimum absolute atomic E-state index is 0.284. The third-order valence-corrected chi connectivity index (χ3v) is 6.05. The molecule has 0 spiro atoms. The molecule has 0 aliphatic carbocycles. The fourth-order valence-electron chi connectivity index (χ4n) is 3.08. The summed E-state index contributed by atoms with van der Waals surface area (Å²) in [5.74, 6) is -0.255. The molecule has 0 radical (unpaired) electrons. The van der Waals surface area contributed by atoms with Gasteiger partial charge in [-0.2, -0.15) is 0 Å². The lowest BCUT2D eigenvalue weighted by atomic mass is 10.1. The highest BCUT2D eigenvalue weighted by Crippen LogP contribution is 2.37. The van der Waals surface area contributed by atoms with Gasteiger partial charge in [-0.15, -0.1) is 11.3 Å². The van der Waals surface area contributed by atoms with Crippen LogP contribution >= 0.6 is 22.9 Å². The number of aromatic nitrogens is 2. The van der Waals surface area contributed by atoms with E-state index in [0.717, 1.165) is 25.9 Å². The fourth-order valence-corrected chi connectivity index (χ4v) is 4.44. The Morgan fingerprint density at radius 1 is 1.28 bits per heavy atom. The largest absolute Gasteiger partial charge is 0.495 e. The molecule has 2 aromatic carbocycles. The van der Waals surface area contributed by atoms with Crippen molar-refractivity contribution < 1.29 is 14.6 Å². The Morgan fingerprint density at radius 3 is 2.79 bits per heavy atom. The summed E-state index contributed by atoms with van der Waals surface area (Å²) < 4.78 is 6.27. The Bertz CT molecular complexity index is 1220. The van der Waals surface area contributed by atoms with E-state index in [2.05, 4.69) is 15.3 Å². The number of aliphatic carboxylic acids is 1. The van der Waals surface area contributed by atoms with E-state index in [1.807, 2.05) is 42.5 Å². The number of ether oxygens (including phenoxy) is 1. The van der Waals surface area contributed by atoms with Crippen molar-refractivity contribution in [1.29, 1.82) is 0 Å². The number of hydrogen-bond acceptors (Lipinski definition) is 6. The van der Waals surface area contributed by atoms with Gasteiger partial charge in [-0.25, -0.2) is 9.97 Å². The SMILES string of the molecule is COc1ccc(CNc2nc(C(C)C(=O)O)nc3sc4ccccc4c23)cc1Cl. The summed E-state index contributed by atoms with van der Waals surface area (Å²) in [5.41, 5.74) is 0.954. The average Bonchev–Trinajstić information content (AvgIpc) is 3.10. The number of rotatable bonds is 6. The minimum atomic E-state index is -0.960. The van der Waals surface area contributed by atoms with Crippen LogP contribution in [0, 0.1) is 0 Å². The topological polar surface area (TPSA) is 84.3 Å². The normalized spacial score (nSPS) is 12.2. The van der Waals surface area contributed by atoms with Crippen LogP contribution in [0.1, 0.15) is 24.2 Å². The van der Waals surface area contributed by atoms with Gasteiger partial charge < -0.3 is 15.2 Å². The summed E-state index contributed by atoms with van der Waals surface area (Å²) in [7, 11) is 1.57. The van der Waals surface area contributed by atoms with Gasteiger partial charge in [0.05, 0.1) is 17.5 Å². The molecule has 1 atom stereocenters. The van der Waals surface area contributed by atoms with Gasteiger partial charge in [0.15, 0.2) is 0 Å². The van der Waals surface area contributed by atoms with E-state index in [0.29, 0.717) is 23.1 Å². The van der Waals surface area contributed by atoms with Crippen molar-refractivity contribution in [3.63, 3.8) is 0 Å². The smallest absolute Gasteiger partial charge is 0.313 e. The van der Waals surface area contributed by atoms with E-state index in [4.69, 9.17) is 16.3 Å². The molecule has 0 amide bonds. The molecule has 148 valence electrons. The molecule has 2 N–H and O–H groups in total. The van der Waals surface area contributed by atoms with Crippen molar-refractivity contribution >= 4 is 55.0 Å². The molecule has 0 saturated heterocycles. The second-order valence-corrected chi connectivity index (χ2v) is 8.03. The van der Waals surface area contributed by atoms with Crippen molar-refractivity contribution in [3.8, 4) is 5.75 Å².